The van der Waals surface area contributed by atoms with E-state index in [-0.39, 0.29) is 17.8 Å². The number of aryl methyl sites for hydroxylation is 2. The highest BCUT2D eigenvalue weighted by Crippen LogP contribution is 2.14. The molecule has 124 valence electrons. The Kier molecular flexibility index (Phi) is 5.31. The van der Waals surface area contributed by atoms with Crippen molar-refractivity contribution in [2.45, 2.75) is 46.6 Å². The predicted molar refractivity (Wildman–Crippen MR) is 84.1 cm³/mol. The highest BCUT2D eigenvalue weighted by molar-refractivity contribution is 5.66. The molecule has 1 N–H and O–H groups in total. The van der Waals surface area contributed by atoms with Crippen LogP contribution in [-0.4, -0.2) is 25.8 Å². The Balaban J connectivity index is 2.24. The molecule has 23 heavy (non-hydrogen) atoms. The zero-order chi connectivity index (χ0) is 17.0. The van der Waals surface area contributed by atoms with Crippen LogP contribution in [0.5, 0.6) is 0 Å². The van der Waals surface area contributed by atoms with Gasteiger partial charge in [0.15, 0.2) is 0 Å². The van der Waals surface area contributed by atoms with Gasteiger partial charge in [0, 0.05) is 25.1 Å². The monoisotopic (exact) mass is 319 g/mol. The van der Waals surface area contributed by atoms with Crippen LogP contribution in [0.3, 0.4) is 0 Å². The van der Waals surface area contributed by atoms with Crippen molar-refractivity contribution >= 4 is 5.97 Å². The lowest BCUT2D eigenvalue weighted by Gasteiger charge is -2.12. The fourth-order valence-electron chi connectivity index (χ4n) is 2.29. The highest BCUT2D eigenvalue weighted by atomic mass is 16.5. The number of hydrogen-bond donors (Lipinski definition) is 1. The number of aromatic nitrogens is 3. The molecule has 7 nitrogen and oxygen atoms in total. The molecule has 0 aromatic carbocycles. The summed E-state index contributed by atoms with van der Waals surface area (Å²) in [5, 5.41) is 12.5. The van der Waals surface area contributed by atoms with E-state index in [1.807, 2.05) is 26.8 Å². The number of carboxylic acids is 1. The van der Waals surface area contributed by atoms with Crippen molar-refractivity contribution in [3.05, 3.63) is 34.1 Å². The van der Waals surface area contributed by atoms with E-state index in [9.17, 15) is 9.59 Å². The van der Waals surface area contributed by atoms with Gasteiger partial charge in [-0.3, -0.25) is 9.59 Å². The van der Waals surface area contributed by atoms with Gasteiger partial charge < -0.3 is 14.2 Å². The molecule has 2 heterocycles. The Labute approximate surface area is 134 Å². The number of pyridine rings is 1. The van der Waals surface area contributed by atoms with E-state index in [2.05, 4.69) is 10.1 Å². The summed E-state index contributed by atoms with van der Waals surface area (Å²) in [6, 6.07) is 3.56. The minimum Gasteiger partial charge on any atom is -0.481 e. The number of carboxylic acid groups (broad SMARTS) is 1. The third-order valence-electron chi connectivity index (χ3n) is 3.43. The smallest absolute Gasteiger partial charge is 0.303 e. The molecule has 0 spiro atoms. The van der Waals surface area contributed by atoms with Crippen molar-refractivity contribution in [3.8, 4) is 11.4 Å². The predicted octanol–water partition coefficient (Wildman–Crippen LogP) is 2.27. The number of aliphatic carboxylic acids is 1. The van der Waals surface area contributed by atoms with Crippen LogP contribution in [0.2, 0.25) is 0 Å². The van der Waals surface area contributed by atoms with E-state index in [4.69, 9.17) is 9.63 Å². The van der Waals surface area contributed by atoms with Gasteiger partial charge in [0.05, 0.1) is 5.56 Å². The summed E-state index contributed by atoms with van der Waals surface area (Å²) in [6.07, 6.45) is 0.844. The summed E-state index contributed by atoms with van der Waals surface area (Å²) >= 11 is 0. The molecule has 0 aliphatic rings. The summed E-state index contributed by atoms with van der Waals surface area (Å²) in [5.41, 5.74) is 1.14. The van der Waals surface area contributed by atoms with Crippen LogP contribution in [0, 0.1) is 12.8 Å². The molecule has 0 radical (unpaired) electrons. The van der Waals surface area contributed by atoms with Crippen LogP contribution in [0.25, 0.3) is 11.4 Å². The normalized spacial score (nSPS) is 11.1. The first-order valence-electron chi connectivity index (χ1n) is 7.63. The Morgan fingerprint density at radius 2 is 2.13 bits per heavy atom. The topological polar surface area (TPSA) is 98.2 Å². The SMILES string of the molecule is Cc1ccc(-c2noc(CCCC(=O)O)n2)c(=O)n1CC(C)C. The highest BCUT2D eigenvalue weighted by Gasteiger charge is 2.15. The van der Waals surface area contributed by atoms with Crippen molar-refractivity contribution in [1.29, 1.82) is 0 Å². The number of nitrogens with zero attached hydrogens (tertiary/aromatic N) is 3. The fraction of sp³-hybridized carbons (Fsp3) is 0.500. The quantitative estimate of drug-likeness (QED) is 0.840. The minimum atomic E-state index is -0.861. The van der Waals surface area contributed by atoms with E-state index in [0.29, 0.717) is 36.8 Å². The lowest BCUT2D eigenvalue weighted by atomic mass is 10.2. The second-order valence-corrected chi connectivity index (χ2v) is 5.96. The molecule has 0 atom stereocenters. The van der Waals surface area contributed by atoms with Crippen molar-refractivity contribution in [3.63, 3.8) is 0 Å². The van der Waals surface area contributed by atoms with E-state index in [0.717, 1.165) is 5.69 Å². The molecule has 0 aliphatic heterocycles. The minimum absolute atomic E-state index is 0.0451. The lowest BCUT2D eigenvalue weighted by molar-refractivity contribution is -0.137. The molecule has 0 saturated carbocycles. The van der Waals surface area contributed by atoms with Crippen molar-refractivity contribution < 1.29 is 14.4 Å². The molecule has 0 fully saturated rings. The standard InChI is InChI=1S/C16H21N3O4/c1-10(2)9-19-11(3)7-8-12(16(19)22)15-17-13(23-18-15)5-4-6-14(20)21/h7-8,10H,4-6,9H2,1-3H3,(H,20,21). The van der Waals surface area contributed by atoms with Crippen LogP contribution < -0.4 is 5.56 Å². The van der Waals surface area contributed by atoms with Crippen molar-refractivity contribution in [2.24, 2.45) is 5.92 Å². The Bertz CT molecular complexity index is 746. The molecule has 2 aromatic rings. The Hall–Kier alpha value is -2.44. The molecule has 0 amide bonds. The van der Waals surface area contributed by atoms with Crippen LogP contribution in [0.4, 0.5) is 0 Å². The molecule has 2 aromatic heterocycles. The maximum atomic E-state index is 12.6. The molecular formula is C16H21N3O4. The van der Waals surface area contributed by atoms with Gasteiger partial charge in [0.25, 0.3) is 5.56 Å². The molecule has 7 heteroatoms. The second-order valence-electron chi connectivity index (χ2n) is 5.96. The maximum Gasteiger partial charge on any atom is 0.303 e. The number of hydrogen-bond acceptors (Lipinski definition) is 5. The third kappa shape index (κ3) is 4.28. The Morgan fingerprint density at radius 1 is 1.39 bits per heavy atom. The number of rotatable bonds is 7. The molecular weight excluding hydrogens is 298 g/mol. The average Bonchev–Trinajstić information content (AvgIpc) is 2.91. The Morgan fingerprint density at radius 3 is 2.78 bits per heavy atom. The summed E-state index contributed by atoms with van der Waals surface area (Å²) in [7, 11) is 0. The molecule has 2 rings (SSSR count). The molecule has 0 unspecified atom stereocenters. The maximum absolute atomic E-state index is 12.6. The van der Waals surface area contributed by atoms with Gasteiger partial charge >= 0.3 is 5.97 Å². The van der Waals surface area contributed by atoms with Crippen LogP contribution in [0.15, 0.2) is 21.5 Å². The van der Waals surface area contributed by atoms with Crippen molar-refractivity contribution in [2.75, 3.05) is 0 Å². The van der Waals surface area contributed by atoms with Gasteiger partial charge in [-0.2, -0.15) is 4.98 Å². The van der Waals surface area contributed by atoms with Gasteiger partial charge in [0.2, 0.25) is 11.7 Å². The molecule has 0 aliphatic carbocycles. The van der Waals surface area contributed by atoms with E-state index in [1.165, 1.54) is 0 Å². The van der Waals surface area contributed by atoms with Crippen LogP contribution >= 0.6 is 0 Å². The zero-order valence-electron chi connectivity index (χ0n) is 13.6. The summed E-state index contributed by atoms with van der Waals surface area (Å²) < 4.78 is 6.81. The van der Waals surface area contributed by atoms with E-state index < -0.39 is 5.97 Å². The van der Waals surface area contributed by atoms with Gasteiger partial charge in [-0.25, -0.2) is 0 Å². The largest absolute Gasteiger partial charge is 0.481 e. The first-order chi connectivity index (χ1) is 10.9. The van der Waals surface area contributed by atoms with Gasteiger partial charge in [-0.1, -0.05) is 19.0 Å². The van der Waals surface area contributed by atoms with E-state index in [1.54, 1.807) is 10.6 Å². The van der Waals surface area contributed by atoms with Gasteiger partial charge in [0.1, 0.15) is 0 Å². The summed E-state index contributed by atoms with van der Waals surface area (Å²) in [5.74, 6) is 0.0767. The van der Waals surface area contributed by atoms with Crippen LogP contribution in [0.1, 0.15) is 38.3 Å². The third-order valence-corrected chi connectivity index (χ3v) is 3.43. The number of carbonyl (C=O) groups is 1. The van der Waals surface area contributed by atoms with Crippen LogP contribution in [-0.2, 0) is 17.8 Å². The van der Waals surface area contributed by atoms with E-state index >= 15 is 0 Å². The van der Waals surface area contributed by atoms with Gasteiger partial charge in [-0.05, 0) is 31.4 Å². The first-order valence-corrected chi connectivity index (χ1v) is 7.63. The summed E-state index contributed by atoms with van der Waals surface area (Å²) in [6.45, 7) is 6.61. The molecule has 0 bridgehead atoms. The summed E-state index contributed by atoms with van der Waals surface area (Å²) in [4.78, 5) is 27.3. The zero-order valence-corrected chi connectivity index (χ0v) is 13.6. The van der Waals surface area contributed by atoms with Gasteiger partial charge in [-0.15, -0.1) is 0 Å². The molecule has 0 saturated heterocycles. The lowest BCUT2D eigenvalue weighted by Crippen LogP contribution is -2.25. The fourth-order valence-corrected chi connectivity index (χ4v) is 2.29. The first kappa shape index (κ1) is 16.9. The average molecular weight is 319 g/mol. The second kappa shape index (κ2) is 7.21. The van der Waals surface area contributed by atoms with Crippen molar-refractivity contribution in [1.82, 2.24) is 14.7 Å².